The first-order chi connectivity index (χ1) is 25.1. The highest BCUT2D eigenvalue weighted by molar-refractivity contribution is 6.39. The van der Waals surface area contributed by atoms with E-state index in [1.54, 1.807) is 19.5 Å². The molecule has 2 saturated heterocycles. The Bertz CT molecular complexity index is 2240. The number of rotatable bonds is 12. The topological polar surface area (TPSA) is 139 Å². The lowest BCUT2D eigenvalue weighted by Crippen LogP contribution is -2.47. The van der Waals surface area contributed by atoms with Crippen LogP contribution in [-0.4, -0.2) is 58.0 Å². The van der Waals surface area contributed by atoms with Gasteiger partial charge in [-0.3, -0.25) is 18.8 Å². The van der Waals surface area contributed by atoms with E-state index in [1.807, 2.05) is 67.6 Å². The third-order valence-corrected chi connectivity index (χ3v) is 10.6. The Morgan fingerprint density at radius 1 is 0.904 bits per heavy atom. The van der Waals surface area contributed by atoms with Gasteiger partial charge >= 0.3 is 0 Å². The van der Waals surface area contributed by atoms with Gasteiger partial charge in [0.1, 0.15) is 5.65 Å². The quantitative estimate of drug-likeness (QED) is 0.131. The number of halogens is 2. The lowest BCUT2D eigenvalue weighted by Gasteiger charge is -2.24. The first-order valence-corrected chi connectivity index (χ1v) is 18.0. The van der Waals surface area contributed by atoms with Crippen LogP contribution in [0.3, 0.4) is 0 Å². The fraction of sp³-hybridized carbons (Fsp3) is 0.308. The Labute approximate surface area is 311 Å². The summed E-state index contributed by atoms with van der Waals surface area (Å²) in [6.45, 7) is 4.10. The van der Waals surface area contributed by atoms with Gasteiger partial charge in [0.05, 0.1) is 28.4 Å². The summed E-state index contributed by atoms with van der Waals surface area (Å²) in [5, 5.41) is 13.7. The van der Waals surface area contributed by atoms with Crippen molar-refractivity contribution in [3.05, 3.63) is 105 Å². The van der Waals surface area contributed by atoms with E-state index in [1.165, 1.54) is 4.40 Å². The molecule has 2 atom stereocenters. The summed E-state index contributed by atoms with van der Waals surface area (Å²) in [4.78, 5) is 45.9. The van der Waals surface area contributed by atoms with Gasteiger partial charge in [0.25, 0.3) is 5.56 Å². The SMILES string of the molecule is COc1nc(-c2cccc(-c3cccc(-c4ccn5c(=O)c(CNCC6(C)CCC(=O)N6)cnc5c4)c3Cl)c2Cl)ccc1CNC[C@@H]1CCC(=O)N1. The first kappa shape index (κ1) is 35.6. The van der Waals surface area contributed by atoms with Crippen LogP contribution in [0.25, 0.3) is 39.2 Å². The van der Waals surface area contributed by atoms with Gasteiger partial charge < -0.3 is 26.0 Å². The summed E-state index contributed by atoms with van der Waals surface area (Å²) >= 11 is 14.2. The number of benzene rings is 2. The normalized spacial score (nSPS) is 18.5. The van der Waals surface area contributed by atoms with Crippen LogP contribution >= 0.6 is 23.2 Å². The van der Waals surface area contributed by atoms with Crippen LogP contribution in [0.15, 0.2) is 77.9 Å². The van der Waals surface area contributed by atoms with Gasteiger partial charge in [-0.15, -0.1) is 0 Å². The van der Waals surface area contributed by atoms with E-state index >= 15 is 0 Å². The van der Waals surface area contributed by atoms with Gasteiger partial charge in [-0.05, 0) is 43.5 Å². The lowest BCUT2D eigenvalue weighted by atomic mass is 9.97. The number of ether oxygens (including phenoxy) is 1. The van der Waals surface area contributed by atoms with Crippen molar-refractivity contribution in [2.75, 3.05) is 20.2 Å². The molecule has 1 unspecified atom stereocenters. The lowest BCUT2D eigenvalue weighted by molar-refractivity contribution is -0.120. The number of amides is 2. The van der Waals surface area contributed by atoms with E-state index < -0.39 is 0 Å². The number of fused-ring (bicyclic) bond motifs is 1. The van der Waals surface area contributed by atoms with Crippen LogP contribution < -0.4 is 31.6 Å². The summed E-state index contributed by atoms with van der Waals surface area (Å²) in [5.74, 6) is 0.629. The molecule has 2 aromatic carbocycles. The second-order valence-corrected chi connectivity index (χ2v) is 14.3. The van der Waals surface area contributed by atoms with Crippen LogP contribution in [0.5, 0.6) is 5.88 Å². The van der Waals surface area contributed by atoms with Crippen molar-refractivity contribution in [3.8, 4) is 39.4 Å². The molecule has 2 amide bonds. The van der Waals surface area contributed by atoms with Crippen molar-refractivity contribution in [1.29, 1.82) is 0 Å². The van der Waals surface area contributed by atoms with Crippen molar-refractivity contribution in [2.24, 2.45) is 0 Å². The van der Waals surface area contributed by atoms with Crippen LogP contribution in [0.4, 0.5) is 0 Å². The number of carbonyl (C=O) groups is 2. The molecular weight excluding hydrogens is 701 g/mol. The van der Waals surface area contributed by atoms with Crippen LogP contribution in [-0.2, 0) is 22.7 Å². The largest absolute Gasteiger partial charge is 0.481 e. The highest BCUT2D eigenvalue weighted by atomic mass is 35.5. The summed E-state index contributed by atoms with van der Waals surface area (Å²) in [7, 11) is 1.59. The zero-order chi connectivity index (χ0) is 36.4. The van der Waals surface area contributed by atoms with Gasteiger partial charge in [0.2, 0.25) is 17.7 Å². The summed E-state index contributed by atoms with van der Waals surface area (Å²) in [6.07, 6.45) is 5.96. The molecule has 2 fully saturated rings. The van der Waals surface area contributed by atoms with E-state index in [0.717, 1.165) is 46.2 Å². The molecule has 52 heavy (non-hydrogen) atoms. The van der Waals surface area contributed by atoms with E-state index in [-0.39, 0.29) is 29.0 Å². The summed E-state index contributed by atoms with van der Waals surface area (Å²) < 4.78 is 7.17. The Balaban J connectivity index is 1.10. The standard InChI is InChI=1S/C39H39Cl2N7O4/c1-39(15-13-34(50)47-39)22-43-19-25-20-44-32-17-23(14-16-48(32)38(25)51)27-5-3-6-28(35(27)40)29-7-4-8-30(36(29)41)31-11-9-24(37(46-31)52-2)18-42-21-26-10-12-33(49)45-26/h3-9,11,14,16-17,20,26,42-43H,10,12-13,15,18-19,21-22H2,1-2H3,(H,45,49)(H,47,50)/t26-,39?/m0/s1. The number of pyridine rings is 2. The maximum atomic E-state index is 13.3. The Morgan fingerprint density at radius 2 is 1.63 bits per heavy atom. The molecule has 5 aromatic rings. The Kier molecular flexibility index (Phi) is 10.3. The fourth-order valence-corrected chi connectivity index (χ4v) is 7.56. The third-order valence-electron chi connectivity index (χ3n) is 9.75. The zero-order valence-corrected chi connectivity index (χ0v) is 30.4. The Hall–Kier alpha value is -4.81. The minimum absolute atomic E-state index is 0.0491. The second-order valence-electron chi connectivity index (χ2n) is 13.6. The number of hydrogen-bond donors (Lipinski definition) is 4. The zero-order valence-electron chi connectivity index (χ0n) is 28.9. The highest BCUT2D eigenvalue weighted by Gasteiger charge is 2.32. The minimum atomic E-state index is -0.322. The predicted molar refractivity (Wildman–Crippen MR) is 202 cm³/mol. The minimum Gasteiger partial charge on any atom is -0.481 e. The molecule has 11 nitrogen and oxygen atoms in total. The van der Waals surface area contributed by atoms with Gasteiger partial charge in [-0.2, -0.15) is 0 Å². The van der Waals surface area contributed by atoms with Crippen molar-refractivity contribution >= 4 is 40.7 Å². The molecule has 3 aromatic heterocycles. The first-order valence-electron chi connectivity index (χ1n) is 17.3. The van der Waals surface area contributed by atoms with Crippen LogP contribution in [0, 0.1) is 0 Å². The van der Waals surface area contributed by atoms with Gasteiger partial charge in [-0.25, -0.2) is 9.97 Å². The molecule has 268 valence electrons. The average molecular weight is 741 g/mol. The summed E-state index contributed by atoms with van der Waals surface area (Å²) in [5.41, 5.74) is 5.87. The molecule has 4 N–H and O–H groups in total. The van der Waals surface area contributed by atoms with E-state index in [2.05, 4.69) is 26.3 Å². The van der Waals surface area contributed by atoms with Gasteiger partial charge in [0, 0.05) is 90.8 Å². The molecule has 13 heteroatoms. The number of methoxy groups -OCH3 is 1. The van der Waals surface area contributed by atoms with E-state index in [4.69, 9.17) is 32.9 Å². The Morgan fingerprint density at radius 3 is 2.35 bits per heavy atom. The molecule has 0 saturated carbocycles. The fourth-order valence-electron chi connectivity index (χ4n) is 6.90. The molecule has 2 aliphatic rings. The molecule has 0 bridgehead atoms. The summed E-state index contributed by atoms with van der Waals surface area (Å²) in [6, 6.07) is 19.2. The van der Waals surface area contributed by atoms with Gasteiger partial charge in [0.15, 0.2) is 0 Å². The number of hydrogen-bond acceptors (Lipinski definition) is 8. The molecule has 0 radical (unpaired) electrons. The number of aromatic nitrogens is 3. The molecule has 5 heterocycles. The van der Waals surface area contributed by atoms with Crippen molar-refractivity contribution in [3.63, 3.8) is 0 Å². The molecule has 2 aliphatic heterocycles. The number of carbonyl (C=O) groups excluding carboxylic acids is 2. The van der Waals surface area contributed by atoms with Crippen LogP contribution in [0.2, 0.25) is 10.0 Å². The van der Waals surface area contributed by atoms with E-state index in [9.17, 15) is 14.4 Å². The number of nitrogens with zero attached hydrogens (tertiary/aromatic N) is 3. The van der Waals surface area contributed by atoms with Crippen molar-refractivity contribution in [2.45, 2.75) is 57.3 Å². The number of nitrogens with one attached hydrogen (secondary N) is 4. The third kappa shape index (κ3) is 7.40. The molecule has 0 spiro atoms. The maximum absolute atomic E-state index is 13.3. The smallest absolute Gasteiger partial charge is 0.262 e. The van der Waals surface area contributed by atoms with Crippen LogP contribution in [0.1, 0.15) is 43.7 Å². The monoisotopic (exact) mass is 739 g/mol. The predicted octanol–water partition coefficient (Wildman–Crippen LogP) is 5.53. The molecule has 7 rings (SSSR count). The van der Waals surface area contributed by atoms with Crippen molar-refractivity contribution in [1.82, 2.24) is 35.6 Å². The van der Waals surface area contributed by atoms with Crippen molar-refractivity contribution < 1.29 is 14.3 Å². The molecular formula is C39H39Cl2N7O4. The average Bonchev–Trinajstić information content (AvgIpc) is 3.72. The van der Waals surface area contributed by atoms with E-state index in [0.29, 0.717) is 71.9 Å². The second kappa shape index (κ2) is 15.0. The maximum Gasteiger partial charge on any atom is 0.262 e. The highest BCUT2D eigenvalue weighted by Crippen LogP contribution is 2.42. The molecule has 0 aliphatic carbocycles. The van der Waals surface area contributed by atoms with Gasteiger partial charge in [-0.1, -0.05) is 65.7 Å².